The summed E-state index contributed by atoms with van der Waals surface area (Å²) in [6.07, 6.45) is 1.12. The molecule has 2 fully saturated rings. The lowest BCUT2D eigenvalue weighted by Gasteiger charge is -2.29. The molecule has 0 spiro atoms. The fraction of sp³-hybridized carbons (Fsp3) is 0.412. The first-order valence-corrected chi connectivity index (χ1v) is 9.33. The lowest BCUT2D eigenvalue weighted by atomic mass is 10.2. The van der Waals surface area contributed by atoms with Crippen LogP contribution in [0.25, 0.3) is 0 Å². The molecular formula is C17H16ClN3O4S. The van der Waals surface area contributed by atoms with Gasteiger partial charge in [-0.1, -0.05) is 11.6 Å². The first-order valence-electron chi connectivity index (χ1n) is 7.96. The van der Waals surface area contributed by atoms with E-state index in [1.165, 1.54) is 18.2 Å². The van der Waals surface area contributed by atoms with Crippen molar-refractivity contribution in [2.75, 3.05) is 17.7 Å². The summed E-state index contributed by atoms with van der Waals surface area (Å²) < 4.78 is 5.09. The molecule has 26 heavy (non-hydrogen) atoms. The van der Waals surface area contributed by atoms with Gasteiger partial charge in [-0.25, -0.2) is 4.79 Å². The van der Waals surface area contributed by atoms with Gasteiger partial charge in [-0.2, -0.15) is 5.26 Å². The third kappa shape index (κ3) is 3.50. The topological polar surface area (TPSA) is 99.5 Å². The zero-order valence-electron chi connectivity index (χ0n) is 14.0. The van der Waals surface area contributed by atoms with Crippen LogP contribution in [0.1, 0.15) is 25.3 Å². The third-order valence-electron chi connectivity index (χ3n) is 4.44. The number of nitrogens with zero attached hydrogens (tertiary/aromatic N) is 2. The molecule has 2 aliphatic rings. The van der Waals surface area contributed by atoms with E-state index in [1.807, 2.05) is 13.0 Å². The van der Waals surface area contributed by atoms with E-state index in [1.54, 1.807) is 16.7 Å². The second-order valence-electron chi connectivity index (χ2n) is 6.22. The number of nitriles is 1. The highest BCUT2D eigenvalue weighted by atomic mass is 35.5. The maximum atomic E-state index is 12.3. The molecule has 2 amide bonds. The van der Waals surface area contributed by atoms with E-state index in [9.17, 15) is 14.4 Å². The van der Waals surface area contributed by atoms with Crippen molar-refractivity contribution < 1.29 is 19.1 Å². The van der Waals surface area contributed by atoms with E-state index in [4.69, 9.17) is 21.6 Å². The van der Waals surface area contributed by atoms with Gasteiger partial charge in [0.25, 0.3) is 5.91 Å². The summed E-state index contributed by atoms with van der Waals surface area (Å²) in [4.78, 5) is 37.6. The smallest absolute Gasteiger partial charge is 0.330 e. The van der Waals surface area contributed by atoms with Crippen LogP contribution in [0.2, 0.25) is 5.02 Å². The highest BCUT2D eigenvalue weighted by Gasteiger charge is 2.53. The maximum absolute atomic E-state index is 12.3. The molecule has 0 unspecified atom stereocenters. The molecule has 2 atom stereocenters. The predicted octanol–water partition coefficient (Wildman–Crippen LogP) is 2.15. The lowest BCUT2D eigenvalue weighted by Crippen LogP contribution is -2.47. The minimum absolute atomic E-state index is 0.0681. The molecule has 1 aromatic rings. The highest BCUT2D eigenvalue weighted by molar-refractivity contribution is 8.01. The van der Waals surface area contributed by atoms with Gasteiger partial charge in [0.2, 0.25) is 5.91 Å². The van der Waals surface area contributed by atoms with Gasteiger partial charge in [0.05, 0.1) is 16.1 Å². The molecule has 1 aromatic carbocycles. The van der Waals surface area contributed by atoms with E-state index < -0.39 is 24.5 Å². The summed E-state index contributed by atoms with van der Waals surface area (Å²) in [6.45, 7) is 1.43. The number of thioether (sulfide) groups is 1. The van der Waals surface area contributed by atoms with Crippen molar-refractivity contribution in [2.24, 2.45) is 0 Å². The monoisotopic (exact) mass is 393 g/mol. The van der Waals surface area contributed by atoms with E-state index >= 15 is 0 Å². The summed E-state index contributed by atoms with van der Waals surface area (Å²) in [6, 6.07) is 5.74. The van der Waals surface area contributed by atoms with E-state index in [0.29, 0.717) is 23.6 Å². The molecule has 2 saturated heterocycles. The fourth-order valence-electron chi connectivity index (χ4n) is 3.13. The van der Waals surface area contributed by atoms with Gasteiger partial charge in [-0.05, 0) is 31.5 Å². The van der Waals surface area contributed by atoms with Crippen LogP contribution >= 0.6 is 23.4 Å². The fourth-order valence-corrected chi connectivity index (χ4v) is 4.72. The van der Waals surface area contributed by atoms with Gasteiger partial charge in [0.15, 0.2) is 6.61 Å². The lowest BCUT2D eigenvalue weighted by molar-refractivity contribution is -0.155. The Labute approximate surface area is 159 Å². The Morgan fingerprint density at radius 3 is 3.04 bits per heavy atom. The second kappa shape index (κ2) is 7.17. The number of nitrogens with one attached hydrogen (secondary N) is 1. The van der Waals surface area contributed by atoms with Gasteiger partial charge < -0.3 is 15.0 Å². The summed E-state index contributed by atoms with van der Waals surface area (Å²) in [7, 11) is 0. The molecule has 7 nitrogen and oxygen atoms in total. The number of carbonyl (C=O) groups is 3. The van der Waals surface area contributed by atoms with Crippen molar-refractivity contribution in [3.63, 3.8) is 0 Å². The van der Waals surface area contributed by atoms with Crippen molar-refractivity contribution in [1.29, 1.82) is 5.26 Å². The third-order valence-corrected chi connectivity index (χ3v) is 6.18. The quantitative estimate of drug-likeness (QED) is 0.787. The Hall–Kier alpha value is -2.24. The number of rotatable bonds is 4. The zero-order chi connectivity index (χ0) is 18.9. The van der Waals surface area contributed by atoms with Crippen LogP contribution in [0.5, 0.6) is 0 Å². The van der Waals surface area contributed by atoms with Gasteiger partial charge in [0.1, 0.15) is 12.1 Å². The first kappa shape index (κ1) is 18.5. The molecule has 136 valence electrons. The number of halogens is 1. The number of fused-ring (bicyclic) bond motifs is 1. The van der Waals surface area contributed by atoms with E-state index in [2.05, 4.69) is 5.32 Å². The average molecular weight is 394 g/mol. The van der Waals surface area contributed by atoms with Crippen LogP contribution in [-0.2, 0) is 19.1 Å². The van der Waals surface area contributed by atoms with Crippen LogP contribution in [0, 0.1) is 11.3 Å². The Kier molecular flexibility index (Phi) is 5.12. The minimum atomic E-state index is -0.673. The van der Waals surface area contributed by atoms with Crippen molar-refractivity contribution in [1.82, 2.24) is 4.90 Å². The van der Waals surface area contributed by atoms with Gasteiger partial charge in [-0.15, -0.1) is 11.8 Å². The van der Waals surface area contributed by atoms with Crippen LogP contribution in [0.4, 0.5) is 5.69 Å². The zero-order valence-corrected chi connectivity index (χ0v) is 15.5. The highest BCUT2D eigenvalue weighted by Crippen LogP contribution is 2.47. The number of esters is 1. The molecule has 2 heterocycles. The number of benzene rings is 1. The van der Waals surface area contributed by atoms with Crippen LogP contribution in [0.3, 0.4) is 0 Å². The van der Waals surface area contributed by atoms with Crippen LogP contribution in [0.15, 0.2) is 18.2 Å². The average Bonchev–Trinajstić information content (AvgIpc) is 3.09. The summed E-state index contributed by atoms with van der Waals surface area (Å²) in [5.41, 5.74) is 0.500. The second-order valence-corrected chi connectivity index (χ2v) is 8.16. The first-order chi connectivity index (χ1) is 12.3. The van der Waals surface area contributed by atoms with Crippen molar-refractivity contribution >= 4 is 46.8 Å². The molecule has 0 radical (unpaired) electrons. The van der Waals surface area contributed by atoms with Gasteiger partial charge in [-0.3, -0.25) is 9.59 Å². The largest absolute Gasteiger partial charge is 0.454 e. The SMILES string of the molecule is C[C@@]12CCC(=O)N1[C@@H](C(=O)OCC(=O)Nc1cc(Cl)ccc1C#N)CS2. The molecule has 0 saturated carbocycles. The Morgan fingerprint density at radius 2 is 2.31 bits per heavy atom. The number of amides is 2. The number of anilines is 1. The number of hydrogen-bond donors (Lipinski definition) is 1. The van der Waals surface area contributed by atoms with E-state index in [0.717, 1.165) is 0 Å². The Balaban J connectivity index is 1.59. The van der Waals surface area contributed by atoms with Crippen molar-refractivity contribution in [3.8, 4) is 6.07 Å². The van der Waals surface area contributed by atoms with Crippen LogP contribution < -0.4 is 5.32 Å². The van der Waals surface area contributed by atoms with E-state index in [-0.39, 0.29) is 22.0 Å². The van der Waals surface area contributed by atoms with Gasteiger partial charge in [0, 0.05) is 17.2 Å². The normalized spacial score (nSPS) is 24.1. The molecule has 9 heteroatoms. The Morgan fingerprint density at radius 1 is 1.54 bits per heavy atom. The number of ether oxygens (including phenoxy) is 1. The van der Waals surface area contributed by atoms with Crippen molar-refractivity contribution in [2.45, 2.75) is 30.7 Å². The number of carbonyl (C=O) groups excluding carboxylic acids is 3. The molecule has 1 N–H and O–H groups in total. The maximum Gasteiger partial charge on any atom is 0.330 e. The number of hydrogen-bond acceptors (Lipinski definition) is 6. The molecule has 0 aromatic heterocycles. The molecular weight excluding hydrogens is 378 g/mol. The van der Waals surface area contributed by atoms with Crippen LogP contribution in [-0.4, -0.2) is 46.0 Å². The standard InChI is InChI=1S/C17H16ClN3O4S/c1-17-5-4-15(23)21(17)13(9-26-17)16(24)25-8-14(22)20-12-6-11(18)3-2-10(12)7-19/h2-3,6,13H,4-5,8-9H2,1H3,(H,20,22)/t13-,17-/m1/s1. The molecule has 0 aliphatic carbocycles. The minimum Gasteiger partial charge on any atom is -0.454 e. The molecule has 2 aliphatic heterocycles. The molecule has 3 rings (SSSR count). The van der Waals surface area contributed by atoms with Gasteiger partial charge >= 0.3 is 5.97 Å². The predicted molar refractivity (Wildman–Crippen MR) is 96.5 cm³/mol. The summed E-state index contributed by atoms with van der Waals surface area (Å²) in [5, 5.41) is 11.9. The van der Waals surface area contributed by atoms with Crippen molar-refractivity contribution in [3.05, 3.63) is 28.8 Å². The summed E-state index contributed by atoms with van der Waals surface area (Å²) >= 11 is 7.42. The Bertz CT molecular complexity index is 825. The summed E-state index contributed by atoms with van der Waals surface area (Å²) in [5.74, 6) is -0.798. The molecule has 0 bridgehead atoms.